The Hall–Kier alpha value is 0.660. The third kappa shape index (κ3) is 4.66. The molecule has 1 unspecified atom stereocenters. The van der Waals surface area contributed by atoms with Crippen LogP contribution in [0.4, 0.5) is 0 Å². The third-order valence-corrected chi connectivity index (χ3v) is 1.98. The zero-order chi connectivity index (χ0) is 4.28. The summed E-state index contributed by atoms with van der Waals surface area (Å²) in [4.78, 5) is 9.60. The Labute approximate surface area is 38.8 Å². The van der Waals surface area contributed by atoms with E-state index < -0.39 is 7.07 Å². The molecule has 0 aromatic carbocycles. The molecule has 2 nitrogen and oxygen atoms in total. The zero-order valence-electron chi connectivity index (χ0n) is 2.25. The van der Waals surface area contributed by atoms with Crippen LogP contribution < -0.4 is 10.4 Å². The SMILES string of the molecule is N[P+]([O-])=S=S. The predicted octanol–water partition coefficient (Wildman–Crippen LogP) is -0.923. The molecular weight excluding hydrogens is 125 g/mol. The van der Waals surface area contributed by atoms with E-state index in [1.807, 2.05) is 0 Å². The molecule has 1 atom stereocenters. The van der Waals surface area contributed by atoms with E-state index in [4.69, 9.17) is 0 Å². The maximum Gasteiger partial charge on any atom is 0.224 e. The van der Waals surface area contributed by atoms with Gasteiger partial charge in [-0.2, -0.15) is 0 Å². The molecule has 0 aliphatic carbocycles. The monoisotopic (exact) mass is 127 g/mol. The van der Waals surface area contributed by atoms with Gasteiger partial charge in [-0.3, -0.25) is 0 Å². The summed E-state index contributed by atoms with van der Waals surface area (Å²) >= 11 is 4.18. The molecule has 0 aromatic rings. The van der Waals surface area contributed by atoms with Crippen molar-refractivity contribution < 1.29 is 4.89 Å². The maximum atomic E-state index is 9.60. The van der Waals surface area contributed by atoms with Crippen LogP contribution in [-0.4, -0.2) is 0 Å². The zero-order valence-corrected chi connectivity index (χ0v) is 4.78. The van der Waals surface area contributed by atoms with Crippen LogP contribution in [0.3, 0.4) is 0 Å². The van der Waals surface area contributed by atoms with E-state index in [2.05, 4.69) is 16.7 Å². The first-order valence-corrected chi connectivity index (χ1v) is 4.47. The molecule has 0 fully saturated rings. The van der Waals surface area contributed by atoms with Gasteiger partial charge in [0.05, 0.1) is 0 Å². The number of hydrogen-bond acceptors (Lipinski definition) is 2. The van der Waals surface area contributed by atoms with Crippen molar-refractivity contribution in [3.8, 4) is 0 Å². The summed E-state index contributed by atoms with van der Waals surface area (Å²) in [5, 5.41) is 0. The first-order chi connectivity index (χ1) is 2.27. The molecule has 30 valence electrons. The minimum atomic E-state index is -1.62. The highest BCUT2D eigenvalue weighted by Crippen LogP contribution is 1.85. The van der Waals surface area contributed by atoms with E-state index >= 15 is 0 Å². The van der Waals surface area contributed by atoms with Crippen molar-refractivity contribution >= 4 is 27.8 Å². The summed E-state index contributed by atoms with van der Waals surface area (Å²) in [6, 6.07) is 0. The third-order valence-electron chi connectivity index (χ3n) is 0.0735. The van der Waals surface area contributed by atoms with E-state index in [-0.39, 0.29) is 0 Å². The molecular formula is H2NOPS2. The lowest BCUT2D eigenvalue weighted by Crippen LogP contribution is -1.92. The quantitative estimate of drug-likeness (QED) is 0.428. The van der Waals surface area contributed by atoms with E-state index in [0.29, 0.717) is 0 Å². The molecule has 0 amide bonds. The van der Waals surface area contributed by atoms with Crippen molar-refractivity contribution in [2.24, 2.45) is 5.50 Å². The molecule has 0 aromatic heterocycles. The van der Waals surface area contributed by atoms with Crippen LogP contribution >= 0.6 is 7.07 Å². The fourth-order valence-corrected chi connectivity index (χ4v) is 0. The highest BCUT2D eigenvalue weighted by atomic mass is 32.9. The van der Waals surface area contributed by atoms with Crippen molar-refractivity contribution in [2.75, 3.05) is 0 Å². The molecule has 2 N–H and O–H groups in total. The first kappa shape index (κ1) is 5.66. The largest absolute Gasteiger partial charge is 0.603 e. The second-order valence-electron chi connectivity index (χ2n) is 0.360. The van der Waals surface area contributed by atoms with Crippen LogP contribution in [0.15, 0.2) is 0 Å². The van der Waals surface area contributed by atoms with Crippen molar-refractivity contribution in [2.45, 2.75) is 0 Å². The Morgan fingerprint density at radius 1 is 2.00 bits per heavy atom. The summed E-state index contributed by atoms with van der Waals surface area (Å²) in [5.74, 6) is 0. The van der Waals surface area contributed by atoms with Crippen LogP contribution in [0.25, 0.3) is 0 Å². The second-order valence-corrected chi connectivity index (χ2v) is 3.95. The molecule has 5 heavy (non-hydrogen) atoms. The Morgan fingerprint density at radius 2 is 2.20 bits per heavy atom. The number of nitrogens with two attached hydrogens (primary N) is 1. The lowest BCUT2D eigenvalue weighted by molar-refractivity contribution is -0.152. The molecule has 0 rings (SSSR count). The molecule has 0 aliphatic rings. The van der Waals surface area contributed by atoms with E-state index in [0.717, 1.165) is 9.50 Å². The van der Waals surface area contributed by atoms with Crippen LogP contribution in [0.5, 0.6) is 0 Å². The maximum absolute atomic E-state index is 9.60. The second kappa shape index (κ2) is 2.87. The lowest BCUT2D eigenvalue weighted by Gasteiger charge is -1.68. The van der Waals surface area contributed by atoms with Gasteiger partial charge in [-0.05, 0) is 0 Å². The van der Waals surface area contributed by atoms with Gasteiger partial charge < -0.3 is 4.89 Å². The van der Waals surface area contributed by atoms with Gasteiger partial charge in [-0.1, -0.05) is 0 Å². The Kier molecular flexibility index (Phi) is 3.25. The smallest absolute Gasteiger partial charge is 0.224 e. The Bertz CT molecular complexity index is 69.7. The molecule has 0 saturated heterocycles. The normalized spacial score (nSPS) is 10.4. The van der Waals surface area contributed by atoms with Gasteiger partial charge in [-0.15, -0.1) is 5.50 Å². The predicted molar refractivity (Wildman–Crippen MR) is 25.8 cm³/mol. The summed E-state index contributed by atoms with van der Waals surface area (Å²) in [7, 11) is -0.867. The van der Waals surface area contributed by atoms with Crippen LogP contribution in [0.1, 0.15) is 0 Å². The summed E-state index contributed by atoms with van der Waals surface area (Å²) < 4.78 is 0. The average molecular weight is 127 g/mol. The summed E-state index contributed by atoms with van der Waals surface area (Å²) in [6.07, 6.45) is 0. The fourth-order valence-electron chi connectivity index (χ4n) is 0. The average Bonchev–Trinajstić information content (AvgIpc) is 1.38. The van der Waals surface area contributed by atoms with Gasteiger partial charge in [0.1, 0.15) is 9.50 Å². The minimum absolute atomic E-state index is 0.750. The molecule has 0 radical (unpaired) electrons. The molecule has 0 bridgehead atoms. The van der Waals surface area contributed by atoms with Crippen molar-refractivity contribution in [1.82, 2.24) is 0 Å². The standard InChI is InChI=1S/H2NOPS2/c1-3(2)5-4/h1H2. The van der Waals surface area contributed by atoms with Gasteiger partial charge in [0.2, 0.25) is 7.07 Å². The minimum Gasteiger partial charge on any atom is -0.603 e. The van der Waals surface area contributed by atoms with Crippen LogP contribution in [0.2, 0.25) is 0 Å². The lowest BCUT2D eigenvalue weighted by atomic mass is 13.9. The molecule has 0 spiro atoms. The molecule has 0 saturated carbocycles. The number of rotatable bonds is 0. The van der Waals surface area contributed by atoms with E-state index in [9.17, 15) is 4.89 Å². The van der Waals surface area contributed by atoms with Crippen LogP contribution in [0, 0.1) is 0 Å². The van der Waals surface area contributed by atoms with E-state index in [1.165, 1.54) is 0 Å². The molecule has 5 heteroatoms. The molecule has 0 aliphatic heterocycles. The van der Waals surface area contributed by atoms with Crippen molar-refractivity contribution in [3.63, 3.8) is 0 Å². The Balaban J connectivity index is 3.60. The van der Waals surface area contributed by atoms with Gasteiger partial charge in [-0.25, -0.2) is 0 Å². The van der Waals surface area contributed by atoms with Gasteiger partial charge in [0, 0.05) is 11.2 Å². The van der Waals surface area contributed by atoms with Crippen LogP contribution in [-0.2, 0) is 20.7 Å². The summed E-state index contributed by atoms with van der Waals surface area (Å²) in [6.45, 7) is 0. The highest BCUT2D eigenvalue weighted by molar-refractivity contribution is 8.33. The van der Waals surface area contributed by atoms with Gasteiger partial charge in [0.25, 0.3) is 0 Å². The fraction of sp³-hybridized carbons (Fsp3) is 0. The first-order valence-electron chi connectivity index (χ1n) is 0.790. The highest BCUT2D eigenvalue weighted by Gasteiger charge is 1.65. The van der Waals surface area contributed by atoms with Crippen molar-refractivity contribution in [3.05, 3.63) is 0 Å². The van der Waals surface area contributed by atoms with Gasteiger partial charge >= 0.3 is 0 Å². The van der Waals surface area contributed by atoms with Gasteiger partial charge in [0.15, 0.2) is 0 Å². The number of hydrogen-bond donors (Lipinski definition) is 1. The van der Waals surface area contributed by atoms with E-state index in [1.54, 1.807) is 0 Å². The molecule has 0 heterocycles. The topological polar surface area (TPSA) is 49.1 Å². The Morgan fingerprint density at radius 3 is 2.20 bits per heavy atom. The van der Waals surface area contributed by atoms with Crippen molar-refractivity contribution in [1.29, 1.82) is 0 Å². The summed E-state index contributed by atoms with van der Waals surface area (Å²) in [5.41, 5.74) is 4.66.